The van der Waals surface area contributed by atoms with Gasteiger partial charge in [-0.25, -0.2) is 4.98 Å². The second-order valence-electron chi connectivity index (χ2n) is 5.57. The van der Waals surface area contributed by atoms with E-state index in [1.807, 2.05) is 0 Å². The number of morpholine rings is 1. The van der Waals surface area contributed by atoms with Gasteiger partial charge in [-0.3, -0.25) is 0 Å². The Balaban J connectivity index is 1.73. The van der Waals surface area contributed by atoms with Crippen LogP contribution in [-0.2, 0) is 22.6 Å². The molecular weight excluding hydrogens is 274 g/mol. The third-order valence-corrected chi connectivity index (χ3v) is 4.92. The fraction of sp³-hybridized carbons (Fsp3) is 0.786. The lowest BCUT2D eigenvalue weighted by Gasteiger charge is -2.32. The Labute approximate surface area is 124 Å². The van der Waals surface area contributed by atoms with Crippen LogP contribution in [0.15, 0.2) is 0 Å². The molecule has 1 aliphatic heterocycles. The molecule has 2 aliphatic rings. The lowest BCUT2D eigenvalue weighted by Crippen LogP contribution is -2.43. The molecule has 1 atom stereocenters. The Bertz CT molecular complexity index is 448. The molecule has 1 aromatic rings. The van der Waals surface area contributed by atoms with Gasteiger partial charge in [-0.05, 0) is 19.8 Å². The number of anilines is 1. The van der Waals surface area contributed by atoms with Crippen molar-refractivity contribution in [1.29, 1.82) is 0 Å². The summed E-state index contributed by atoms with van der Waals surface area (Å²) in [4.78, 5) is 8.46. The highest BCUT2D eigenvalue weighted by molar-refractivity contribution is 7.15. The van der Waals surface area contributed by atoms with Gasteiger partial charge in [0.25, 0.3) is 0 Å². The van der Waals surface area contributed by atoms with E-state index in [-0.39, 0.29) is 0 Å². The summed E-state index contributed by atoms with van der Waals surface area (Å²) in [6.07, 6.45) is 2.62. The van der Waals surface area contributed by atoms with Crippen LogP contribution in [0.25, 0.3) is 0 Å². The first-order chi connectivity index (χ1) is 9.78. The van der Waals surface area contributed by atoms with E-state index in [0.29, 0.717) is 12.6 Å². The van der Waals surface area contributed by atoms with Crippen LogP contribution in [0, 0.1) is 0 Å². The quantitative estimate of drug-likeness (QED) is 0.867. The zero-order valence-corrected chi connectivity index (χ0v) is 13.0. The van der Waals surface area contributed by atoms with Crippen molar-refractivity contribution < 1.29 is 9.47 Å². The van der Waals surface area contributed by atoms with Gasteiger partial charge < -0.3 is 19.7 Å². The molecule has 0 aromatic carbocycles. The molecule has 1 saturated carbocycles. The number of methoxy groups -OCH3 is 1. The normalized spacial score (nSPS) is 23.3. The number of hydrogen-bond donors (Lipinski definition) is 1. The van der Waals surface area contributed by atoms with Gasteiger partial charge in [-0.2, -0.15) is 0 Å². The molecular formula is C14H23N3O2S. The predicted molar refractivity (Wildman–Crippen MR) is 80.3 cm³/mol. The van der Waals surface area contributed by atoms with Gasteiger partial charge in [0.1, 0.15) is 0 Å². The summed E-state index contributed by atoms with van der Waals surface area (Å²) in [5.41, 5.74) is 1.08. The third kappa shape index (κ3) is 3.31. The molecule has 3 rings (SSSR count). The summed E-state index contributed by atoms with van der Waals surface area (Å²) in [7, 11) is 1.73. The maximum absolute atomic E-state index is 5.50. The van der Waals surface area contributed by atoms with Crippen molar-refractivity contribution in [2.45, 2.75) is 45.0 Å². The van der Waals surface area contributed by atoms with Gasteiger partial charge in [-0.15, -0.1) is 11.3 Å². The molecule has 5 nitrogen and oxygen atoms in total. The van der Waals surface area contributed by atoms with Gasteiger partial charge in [0, 0.05) is 31.1 Å². The average molecular weight is 297 g/mol. The van der Waals surface area contributed by atoms with E-state index in [1.54, 1.807) is 18.4 Å². The second kappa shape index (κ2) is 6.39. The largest absolute Gasteiger partial charge is 0.378 e. The van der Waals surface area contributed by atoms with Crippen LogP contribution < -0.4 is 10.2 Å². The van der Waals surface area contributed by atoms with Crippen molar-refractivity contribution in [1.82, 2.24) is 10.3 Å². The summed E-state index contributed by atoms with van der Waals surface area (Å²) in [6, 6.07) is 1.12. The standard InChI is InChI=1S/C14H23N3O2S/c1-10-8-19-6-5-17(10)14-16-12(9-18-2)13(20-14)7-15-11-3-4-11/h10-11,15H,3-9H2,1-2H3. The van der Waals surface area contributed by atoms with E-state index < -0.39 is 0 Å². The minimum absolute atomic E-state index is 0.398. The van der Waals surface area contributed by atoms with Crippen LogP contribution in [0.1, 0.15) is 30.3 Å². The van der Waals surface area contributed by atoms with Gasteiger partial charge in [0.05, 0.1) is 31.6 Å². The fourth-order valence-electron chi connectivity index (χ4n) is 2.42. The molecule has 20 heavy (non-hydrogen) atoms. The zero-order valence-electron chi connectivity index (χ0n) is 12.2. The molecule has 112 valence electrons. The molecule has 0 radical (unpaired) electrons. The monoisotopic (exact) mass is 297 g/mol. The molecule has 0 bridgehead atoms. The van der Waals surface area contributed by atoms with E-state index in [0.717, 1.165) is 43.2 Å². The summed E-state index contributed by atoms with van der Waals surface area (Å²) >= 11 is 1.80. The first-order valence-corrected chi connectivity index (χ1v) is 8.15. The summed E-state index contributed by atoms with van der Waals surface area (Å²) in [5.74, 6) is 0. The highest BCUT2D eigenvalue weighted by atomic mass is 32.1. The SMILES string of the molecule is COCc1nc(N2CCOCC2C)sc1CNC1CC1. The van der Waals surface area contributed by atoms with Crippen LogP contribution in [0.4, 0.5) is 5.13 Å². The summed E-state index contributed by atoms with van der Waals surface area (Å²) in [5, 5.41) is 4.68. The second-order valence-corrected chi connectivity index (χ2v) is 6.63. The first kappa shape index (κ1) is 14.3. The maximum Gasteiger partial charge on any atom is 0.186 e. The van der Waals surface area contributed by atoms with Crippen molar-refractivity contribution >= 4 is 16.5 Å². The number of hydrogen-bond acceptors (Lipinski definition) is 6. The Hall–Kier alpha value is -0.690. The molecule has 1 unspecified atom stereocenters. The number of rotatable bonds is 6. The molecule has 1 aromatic heterocycles. The molecule has 1 N–H and O–H groups in total. The van der Waals surface area contributed by atoms with Crippen molar-refractivity contribution in [3.63, 3.8) is 0 Å². The molecule has 0 amide bonds. The van der Waals surface area contributed by atoms with E-state index in [4.69, 9.17) is 14.5 Å². The highest BCUT2D eigenvalue weighted by Gasteiger charge is 2.25. The van der Waals surface area contributed by atoms with Crippen molar-refractivity contribution in [2.75, 3.05) is 31.8 Å². The molecule has 0 spiro atoms. The number of ether oxygens (including phenoxy) is 2. The smallest absolute Gasteiger partial charge is 0.186 e. The van der Waals surface area contributed by atoms with E-state index >= 15 is 0 Å². The van der Waals surface area contributed by atoms with Crippen molar-refractivity contribution in [2.24, 2.45) is 0 Å². The molecule has 2 fully saturated rings. The maximum atomic E-state index is 5.50. The van der Waals surface area contributed by atoms with Gasteiger partial charge >= 0.3 is 0 Å². The average Bonchev–Trinajstić information content (AvgIpc) is 3.19. The van der Waals surface area contributed by atoms with Crippen LogP contribution >= 0.6 is 11.3 Å². The Kier molecular flexibility index (Phi) is 4.55. The van der Waals surface area contributed by atoms with Gasteiger partial charge in [-0.1, -0.05) is 0 Å². The lowest BCUT2D eigenvalue weighted by molar-refractivity contribution is 0.0988. The van der Waals surface area contributed by atoms with Crippen LogP contribution in [0.5, 0.6) is 0 Å². The molecule has 1 saturated heterocycles. The number of nitrogens with zero attached hydrogens (tertiary/aromatic N) is 2. The summed E-state index contributed by atoms with van der Waals surface area (Å²) < 4.78 is 10.8. The highest BCUT2D eigenvalue weighted by Crippen LogP contribution is 2.30. The summed E-state index contributed by atoms with van der Waals surface area (Å²) in [6.45, 7) is 6.21. The van der Waals surface area contributed by atoms with Crippen molar-refractivity contribution in [3.8, 4) is 0 Å². The first-order valence-electron chi connectivity index (χ1n) is 7.33. The van der Waals surface area contributed by atoms with Crippen LogP contribution in [0.3, 0.4) is 0 Å². The Morgan fingerprint density at radius 2 is 2.35 bits per heavy atom. The Morgan fingerprint density at radius 1 is 1.50 bits per heavy atom. The molecule has 6 heteroatoms. The van der Waals surface area contributed by atoms with E-state index in [9.17, 15) is 0 Å². The van der Waals surface area contributed by atoms with E-state index in [1.165, 1.54) is 17.7 Å². The predicted octanol–water partition coefficient (Wildman–Crippen LogP) is 1.77. The minimum Gasteiger partial charge on any atom is -0.378 e. The molecule has 2 heterocycles. The van der Waals surface area contributed by atoms with Crippen LogP contribution in [-0.4, -0.2) is 43.9 Å². The number of thiazole rings is 1. The van der Waals surface area contributed by atoms with Crippen molar-refractivity contribution in [3.05, 3.63) is 10.6 Å². The number of aromatic nitrogens is 1. The van der Waals surface area contributed by atoms with E-state index in [2.05, 4.69) is 17.1 Å². The number of nitrogens with one attached hydrogen (secondary N) is 1. The zero-order chi connectivity index (χ0) is 13.9. The Morgan fingerprint density at radius 3 is 3.05 bits per heavy atom. The van der Waals surface area contributed by atoms with Gasteiger partial charge in [0.15, 0.2) is 5.13 Å². The van der Waals surface area contributed by atoms with Gasteiger partial charge in [0.2, 0.25) is 0 Å². The third-order valence-electron chi connectivity index (χ3n) is 3.79. The topological polar surface area (TPSA) is 46.6 Å². The lowest BCUT2D eigenvalue weighted by atomic mass is 10.3. The molecule has 1 aliphatic carbocycles. The minimum atomic E-state index is 0.398. The van der Waals surface area contributed by atoms with Crippen LogP contribution in [0.2, 0.25) is 0 Å². The fourth-order valence-corrected chi connectivity index (χ4v) is 3.56.